The van der Waals surface area contributed by atoms with Gasteiger partial charge in [-0.05, 0) is 36.4 Å². The maximum Gasteiger partial charge on any atom is 0.414 e. The summed E-state index contributed by atoms with van der Waals surface area (Å²) in [6.45, 7) is 0.659. The summed E-state index contributed by atoms with van der Waals surface area (Å²) in [4.78, 5) is 25.6. The van der Waals surface area contributed by atoms with E-state index in [1.807, 2.05) is 6.07 Å². The van der Waals surface area contributed by atoms with Gasteiger partial charge in [0.1, 0.15) is 11.9 Å². The highest BCUT2D eigenvalue weighted by molar-refractivity contribution is 5.94. The van der Waals surface area contributed by atoms with Gasteiger partial charge in [0, 0.05) is 11.3 Å². The molecule has 1 heterocycles. The molecule has 0 saturated carbocycles. The molecular formula is C18H18N2O4. The zero-order chi connectivity index (χ0) is 16.9. The van der Waals surface area contributed by atoms with Gasteiger partial charge in [-0.2, -0.15) is 0 Å². The number of benzene rings is 2. The van der Waals surface area contributed by atoms with Gasteiger partial charge in [0.05, 0.1) is 20.2 Å². The smallest absolute Gasteiger partial charge is 0.414 e. The maximum absolute atomic E-state index is 12.0. The van der Waals surface area contributed by atoms with Crippen LogP contribution in [-0.4, -0.2) is 38.3 Å². The predicted octanol–water partition coefficient (Wildman–Crippen LogP) is 2.45. The van der Waals surface area contributed by atoms with Gasteiger partial charge in [0.25, 0.3) is 5.91 Å². The van der Waals surface area contributed by atoms with E-state index in [0.717, 1.165) is 11.4 Å². The zero-order valence-corrected chi connectivity index (χ0v) is 13.3. The Morgan fingerprint density at radius 1 is 1.21 bits per heavy atom. The molecule has 2 aromatic rings. The van der Waals surface area contributed by atoms with Crippen molar-refractivity contribution < 1.29 is 19.1 Å². The van der Waals surface area contributed by atoms with Crippen molar-refractivity contribution in [1.29, 1.82) is 0 Å². The lowest BCUT2D eigenvalue weighted by atomic mass is 10.2. The molecule has 1 N–H and O–H groups in total. The molecule has 1 fully saturated rings. The van der Waals surface area contributed by atoms with Crippen molar-refractivity contribution in [2.45, 2.75) is 6.10 Å². The molecule has 6 heteroatoms. The van der Waals surface area contributed by atoms with Crippen LogP contribution < -0.4 is 15.0 Å². The Hall–Kier alpha value is -3.02. The van der Waals surface area contributed by atoms with Crippen molar-refractivity contribution in [3.8, 4) is 5.75 Å². The highest BCUT2D eigenvalue weighted by atomic mass is 16.6. The van der Waals surface area contributed by atoms with E-state index in [1.165, 1.54) is 0 Å². The largest absolute Gasteiger partial charge is 0.497 e. The molecule has 1 aliphatic heterocycles. The van der Waals surface area contributed by atoms with Crippen LogP contribution in [0.5, 0.6) is 5.75 Å². The Kier molecular flexibility index (Phi) is 4.65. The number of methoxy groups -OCH3 is 1. The van der Waals surface area contributed by atoms with Crippen LogP contribution in [0.3, 0.4) is 0 Å². The first-order valence-corrected chi connectivity index (χ1v) is 7.63. The molecule has 6 nitrogen and oxygen atoms in total. The van der Waals surface area contributed by atoms with Gasteiger partial charge in [-0.1, -0.05) is 18.2 Å². The molecule has 0 radical (unpaired) electrons. The van der Waals surface area contributed by atoms with Crippen LogP contribution in [0, 0.1) is 0 Å². The zero-order valence-electron chi connectivity index (χ0n) is 13.3. The highest BCUT2D eigenvalue weighted by Gasteiger charge is 2.32. The average molecular weight is 326 g/mol. The Balaban J connectivity index is 1.57. The van der Waals surface area contributed by atoms with Crippen molar-refractivity contribution in [3.05, 3.63) is 60.2 Å². The number of nitrogens with zero attached hydrogens (tertiary/aromatic N) is 1. The number of carbonyl (C=O) groups excluding carboxylic acids is 2. The normalized spacial score (nSPS) is 16.6. The van der Waals surface area contributed by atoms with Crippen LogP contribution in [0.1, 0.15) is 10.4 Å². The Morgan fingerprint density at radius 3 is 2.58 bits per heavy atom. The molecule has 0 aliphatic carbocycles. The Bertz CT molecular complexity index is 716. The lowest BCUT2D eigenvalue weighted by Crippen LogP contribution is -2.34. The fourth-order valence-electron chi connectivity index (χ4n) is 2.50. The van der Waals surface area contributed by atoms with E-state index in [-0.39, 0.29) is 18.6 Å². The topological polar surface area (TPSA) is 67.9 Å². The lowest BCUT2D eigenvalue weighted by Gasteiger charge is -2.13. The summed E-state index contributed by atoms with van der Waals surface area (Å²) in [5.41, 5.74) is 1.31. The molecule has 2 amide bonds. The Morgan fingerprint density at radius 2 is 1.92 bits per heavy atom. The van der Waals surface area contributed by atoms with E-state index in [1.54, 1.807) is 60.5 Å². The number of nitrogens with one attached hydrogen (secondary N) is 1. The second-order valence-corrected chi connectivity index (χ2v) is 5.39. The number of anilines is 1. The number of cyclic esters (lactones) is 1. The fraction of sp³-hybridized carbons (Fsp3) is 0.222. The number of rotatable bonds is 5. The highest BCUT2D eigenvalue weighted by Crippen LogP contribution is 2.23. The van der Waals surface area contributed by atoms with Gasteiger partial charge in [0.15, 0.2) is 0 Å². The van der Waals surface area contributed by atoms with Gasteiger partial charge in [-0.15, -0.1) is 0 Å². The molecule has 1 atom stereocenters. The minimum atomic E-state index is -0.417. The monoisotopic (exact) mass is 326 g/mol. The molecule has 2 aromatic carbocycles. The first-order chi connectivity index (χ1) is 11.7. The van der Waals surface area contributed by atoms with E-state index in [2.05, 4.69) is 5.32 Å². The second-order valence-electron chi connectivity index (χ2n) is 5.39. The fourth-order valence-corrected chi connectivity index (χ4v) is 2.50. The summed E-state index contributed by atoms with van der Waals surface area (Å²) >= 11 is 0. The van der Waals surface area contributed by atoms with Crippen molar-refractivity contribution in [3.63, 3.8) is 0 Å². The summed E-state index contributed by atoms with van der Waals surface area (Å²) in [7, 11) is 1.59. The number of amides is 2. The molecular weight excluding hydrogens is 308 g/mol. The molecule has 3 rings (SSSR count). The van der Waals surface area contributed by atoms with Crippen molar-refractivity contribution in [2.24, 2.45) is 0 Å². The van der Waals surface area contributed by atoms with E-state index in [4.69, 9.17) is 9.47 Å². The molecule has 1 unspecified atom stereocenters. The molecule has 1 saturated heterocycles. The van der Waals surface area contributed by atoms with E-state index in [0.29, 0.717) is 12.1 Å². The number of hydrogen-bond acceptors (Lipinski definition) is 4. The third-order valence-corrected chi connectivity index (χ3v) is 3.78. The standard InChI is InChI=1S/C18H18N2O4/c1-23-15-9-7-14(8-10-15)20-12-16(24-18(20)22)11-19-17(21)13-5-3-2-4-6-13/h2-10,16H,11-12H2,1H3,(H,19,21). The van der Waals surface area contributed by atoms with Crippen LogP contribution in [0.15, 0.2) is 54.6 Å². The van der Waals surface area contributed by atoms with Gasteiger partial charge in [0.2, 0.25) is 0 Å². The summed E-state index contributed by atoms with van der Waals surface area (Å²) in [5, 5.41) is 2.79. The van der Waals surface area contributed by atoms with Crippen LogP contribution >= 0.6 is 0 Å². The number of carbonyl (C=O) groups is 2. The summed E-state index contributed by atoms with van der Waals surface area (Å²) in [6.07, 6.45) is -0.800. The minimum Gasteiger partial charge on any atom is -0.497 e. The van der Waals surface area contributed by atoms with E-state index < -0.39 is 6.09 Å². The van der Waals surface area contributed by atoms with Crippen LogP contribution in [0.25, 0.3) is 0 Å². The van der Waals surface area contributed by atoms with Crippen LogP contribution in [0.4, 0.5) is 10.5 Å². The predicted molar refractivity (Wildman–Crippen MR) is 89.4 cm³/mol. The van der Waals surface area contributed by atoms with Crippen LogP contribution in [-0.2, 0) is 4.74 Å². The van der Waals surface area contributed by atoms with Crippen molar-refractivity contribution in [2.75, 3.05) is 25.1 Å². The number of ether oxygens (including phenoxy) is 2. The molecule has 0 aromatic heterocycles. The SMILES string of the molecule is COc1ccc(N2CC(CNC(=O)c3ccccc3)OC2=O)cc1. The molecule has 1 aliphatic rings. The quantitative estimate of drug-likeness (QED) is 0.916. The van der Waals surface area contributed by atoms with E-state index in [9.17, 15) is 9.59 Å². The first-order valence-electron chi connectivity index (χ1n) is 7.63. The molecule has 0 bridgehead atoms. The molecule has 0 spiro atoms. The van der Waals surface area contributed by atoms with Gasteiger partial charge in [-0.25, -0.2) is 4.79 Å². The molecule has 24 heavy (non-hydrogen) atoms. The lowest BCUT2D eigenvalue weighted by molar-refractivity contribution is 0.0916. The second kappa shape index (κ2) is 7.04. The van der Waals surface area contributed by atoms with Crippen molar-refractivity contribution >= 4 is 17.7 Å². The van der Waals surface area contributed by atoms with Crippen LogP contribution in [0.2, 0.25) is 0 Å². The summed E-state index contributed by atoms with van der Waals surface area (Å²) < 4.78 is 10.4. The summed E-state index contributed by atoms with van der Waals surface area (Å²) in [6, 6.07) is 16.1. The Labute approximate surface area is 140 Å². The summed E-state index contributed by atoms with van der Waals surface area (Å²) in [5.74, 6) is 0.535. The first kappa shape index (κ1) is 15.9. The third kappa shape index (κ3) is 3.48. The third-order valence-electron chi connectivity index (χ3n) is 3.78. The van der Waals surface area contributed by atoms with Crippen molar-refractivity contribution in [1.82, 2.24) is 5.32 Å². The minimum absolute atomic E-state index is 0.186. The van der Waals surface area contributed by atoms with E-state index >= 15 is 0 Å². The van der Waals surface area contributed by atoms with Gasteiger partial charge >= 0.3 is 6.09 Å². The average Bonchev–Trinajstić information content (AvgIpc) is 3.01. The maximum atomic E-state index is 12.0. The molecule has 124 valence electrons. The van der Waals surface area contributed by atoms with Gasteiger partial charge in [-0.3, -0.25) is 9.69 Å². The van der Waals surface area contributed by atoms with Gasteiger partial charge < -0.3 is 14.8 Å². The number of hydrogen-bond donors (Lipinski definition) is 1.